The van der Waals surface area contributed by atoms with E-state index < -0.39 is 0 Å². The van der Waals surface area contributed by atoms with Crippen molar-refractivity contribution in [2.45, 2.75) is 26.3 Å². The van der Waals surface area contributed by atoms with E-state index in [1.54, 1.807) is 0 Å². The van der Waals surface area contributed by atoms with Gasteiger partial charge in [-0.2, -0.15) is 0 Å². The average Bonchev–Trinajstić information content (AvgIpc) is 2.52. The summed E-state index contributed by atoms with van der Waals surface area (Å²) < 4.78 is 5.56. The summed E-state index contributed by atoms with van der Waals surface area (Å²) in [5.74, 6) is 0.786. The van der Waals surface area contributed by atoms with Crippen LogP contribution in [-0.4, -0.2) is 30.3 Å². The minimum absolute atomic E-state index is 0.0208. The van der Waals surface area contributed by atoms with Gasteiger partial charge in [-0.1, -0.05) is 44.2 Å². The van der Waals surface area contributed by atoms with Crippen LogP contribution in [0.25, 0.3) is 10.8 Å². The molecule has 0 aliphatic heterocycles. The zero-order valence-corrected chi connectivity index (χ0v) is 13.1. The number of carbonyl (C=O) groups is 1. The van der Waals surface area contributed by atoms with Gasteiger partial charge in [0.05, 0.1) is 0 Å². The summed E-state index contributed by atoms with van der Waals surface area (Å²) in [5, 5.41) is 14.2. The van der Waals surface area contributed by atoms with E-state index in [-0.39, 0.29) is 31.1 Å². The zero-order chi connectivity index (χ0) is 15.9. The van der Waals surface area contributed by atoms with Gasteiger partial charge in [0.2, 0.25) is 0 Å². The second kappa shape index (κ2) is 7.80. The maximum atomic E-state index is 12.0. The Morgan fingerprint density at radius 2 is 1.91 bits per heavy atom. The summed E-state index contributed by atoms with van der Waals surface area (Å²) in [6.07, 6.45) is 0.555. The first-order chi connectivity index (χ1) is 10.6. The topological polar surface area (TPSA) is 58.6 Å². The maximum absolute atomic E-state index is 12.0. The van der Waals surface area contributed by atoms with Crippen LogP contribution in [0.15, 0.2) is 42.5 Å². The molecule has 2 N–H and O–H groups in total. The van der Waals surface area contributed by atoms with Gasteiger partial charge in [0.25, 0.3) is 5.91 Å². The molecule has 0 saturated carbocycles. The minimum Gasteiger partial charge on any atom is -0.484 e. The molecule has 0 aliphatic carbocycles. The number of amides is 1. The van der Waals surface area contributed by atoms with Gasteiger partial charge in [-0.15, -0.1) is 0 Å². The van der Waals surface area contributed by atoms with E-state index >= 15 is 0 Å². The monoisotopic (exact) mass is 301 g/mol. The van der Waals surface area contributed by atoms with Crippen LogP contribution in [0.2, 0.25) is 0 Å². The highest BCUT2D eigenvalue weighted by Gasteiger charge is 2.15. The predicted molar refractivity (Wildman–Crippen MR) is 87.9 cm³/mol. The van der Waals surface area contributed by atoms with E-state index in [2.05, 4.69) is 5.32 Å². The second-order valence-corrected chi connectivity index (χ2v) is 5.73. The Bertz CT molecular complexity index is 625. The van der Waals surface area contributed by atoms with E-state index in [0.717, 1.165) is 10.8 Å². The number of rotatable bonds is 7. The molecule has 0 fully saturated rings. The van der Waals surface area contributed by atoms with Gasteiger partial charge < -0.3 is 15.2 Å². The first kappa shape index (κ1) is 16.3. The smallest absolute Gasteiger partial charge is 0.258 e. The van der Waals surface area contributed by atoms with Crippen molar-refractivity contribution in [1.29, 1.82) is 0 Å². The Morgan fingerprint density at radius 3 is 2.59 bits per heavy atom. The van der Waals surface area contributed by atoms with Gasteiger partial charge >= 0.3 is 0 Å². The molecule has 0 bridgehead atoms. The normalized spacial score (nSPS) is 12.4. The molecule has 1 atom stereocenters. The van der Waals surface area contributed by atoms with Gasteiger partial charge in [0.15, 0.2) is 6.61 Å². The SMILES string of the molecule is CC(C)C(CCO)NC(=O)COc1ccc2ccccc2c1. The quantitative estimate of drug-likeness (QED) is 0.826. The summed E-state index contributed by atoms with van der Waals surface area (Å²) in [6, 6.07) is 13.7. The molecule has 1 amide bonds. The number of aliphatic hydroxyl groups is 1. The number of aliphatic hydroxyl groups excluding tert-OH is 1. The summed E-state index contributed by atoms with van der Waals surface area (Å²) in [6.45, 7) is 4.08. The third-order valence-electron chi connectivity index (χ3n) is 3.68. The second-order valence-electron chi connectivity index (χ2n) is 5.73. The van der Waals surface area contributed by atoms with Gasteiger partial charge in [-0.3, -0.25) is 4.79 Å². The lowest BCUT2D eigenvalue weighted by Crippen LogP contribution is -2.41. The van der Waals surface area contributed by atoms with Crippen molar-refractivity contribution in [1.82, 2.24) is 5.32 Å². The highest BCUT2D eigenvalue weighted by molar-refractivity contribution is 5.84. The zero-order valence-electron chi connectivity index (χ0n) is 13.1. The number of fused-ring (bicyclic) bond motifs is 1. The molecule has 4 heteroatoms. The molecule has 2 aromatic carbocycles. The molecule has 1 unspecified atom stereocenters. The Morgan fingerprint density at radius 1 is 1.18 bits per heavy atom. The van der Waals surface area contributed by atoms with Crippen LogP contribution in [0.5, 0.6) is 5.75 Å². The first-order valence-corrected chi connectivity index (χ1v) is 7.62. The lowest BCUT2D eigenvalue weighted by atomic mass is 10.0. The van der Waals surface area contributed by atoms with Crippen molar-refractivity contribution in [2.75, 3.05) is 13.2 Å². The molecule has 0 aliphatic rings. The average molecular weight is 301 g/mol. The highest BCUT2D eigenvalue weighted by Crippen LogP contribution is 2.20. The molecule has 2 aromatic rings. The van der Waals surface area contributed by atoms with Crippen LogP contribution < -0.4 is 10.1 Å². The third-order valence-corrected chi connectivity index (χ3v) is 3.68. The van der Waals surface area contributed by atoms with Crippen LogP contribution >= 0.6 is 0 Å². The molecule has 22 heavy (non-hydrogen) atoms. The Labute approximate surface area is 131 Å². The molecular formula is C18H23NO3. The Hall–Kier alpha value is -2.07. The van der Waals surface area contributed by atoms with Gasteiger partial charge in [0, 0.05) is 12.6 Å². The van der Waals surface area contributed by atoms with Crippen molar-refractivity contribution in [3.8, 4) is 5.75 Å². The molecule has 0 radical (unpaired) electrons. The highest BCUT2D eigenvalue weighted by atomic mass is 16.5. The van der Waals surface area contributed by atoms with E-state index in [9.17, 15) is 4.79 Å². The van der Waals surface area contributed by atoms with Crippen LogP contribution in [0.3, 0.4) is 0 Å². The molecule has 0 spiro atoms. The fraction of sp³-hybridized carbons (Fsp3) is 0.389. The van der Waals surface area contributed by atoms with Crippen LogP contribution in [0, 0.1) is 5.92 Å². The largest absolute Gasteiger partial charge is 0.484 e. The molecular weight excluding hydrogens is 278 g/mol. The number of hydrogen-bond acceptors (Lipinski definition) is 3. The molecule has 0 saturated heterocycles. The van der Waals surface area contributed by atoms with E-state index in [4.69, 9.17) is 9.84 Å². The van der Waals surface area contributed by atoms with Crippen molar-refractivity contribution >= 4 is 16.7 Å². The minimum atomic E-state index is -0.166. The number of ether oxygens (including phenoxy) is 1. The van der Waals surface area contributed by atoms with Crippen LogP contribution in [-0.2, 0) is 4.79 Å². The maximum Gasteiger partial charge on any atom is 0.258 e. The van der Waals surface area contributed by atoms with Crippen molar-refractivity contribution in [3.05, 3.63) is 42.5 Å². The molecule has 4 nitrogen and oxygen atoms in total. The number of carbonyl (C=O) groups excluding carboxylic acids is 1. The van der Waals surface area contributed by atoms with Crippen molar-refractivity contribution < 1.29 is 14.6 Å². The number of hydrogen-bond donors (Lipinski definition) is 2. The Kier molecular flexibility index (Phi) is 5.78. The third kappa shape index (κ3) is 4.46. The lowest BCUT2D eigenvalue weighted by molar-refractivity contribution is -0.124. The molecule has 0 aromatic heterocycles. The van der Waals surface area contributed by atoms with Crippen molar-refractivity contribution in [3.63, 3.8) is 0 Å². The fourth-order valence-corrected chi connectivity index (χ4v) is 2.37. The number of benzene rings is 2. The number of nitrogens with one attached hydrogen (secondary N) is 1. The van der Waals surface area contributed by atoms with Crippen LogP contribution in [0.4, 0.5) is 0 Å². The van der Waals surface area contributed by atoms with E-state index in [1.807, 2.05) is 56.3 Å². The standard InChI is InChI=1S/C18H23NO3/c1-13(2)17(9-10-20)19-18(21)12-22-16-8-7-14-5-3-4-6-15(14)11-16/h3-8,11,13,17,20H,9-10,12H2,1-2H3,(H,19,21). The first-order valence-electron chi connectivity index (χ1n) is 7.62. The molecule has 0 heterocycles. The van der Waals surface area contributed by atoms with Gasteiger partial charge in [-0.05, 0) is 35.2 Å². The van der Waals surface area contributed by atoms with Crippen molar-refractivity contribution in [2.24, 2.45) is 5.92 Å². The van der Waals surface area contributed by atoms with Crippen LogP contribution in [0.1, 0.15) is 20.3 Å². The summed E-state index contributed by atoms with van der Waals surface area (Å²) in [4.78, 5) is 12.0. The van der Waals surface area contributed by atoms with E-state index in [0.29, 0.717) is 12.2 Å². The predicted octanol–water partition coefficient (Wildman–Crippen LogP) is 2.74. The Balaban J connectivity index is 1.91. The fourth-order valence-electron chi connectivity index (χ4n) is 2.37. The summed E-state index contributed by atoms with van der Waals surface area (Å²) in [7, 11) is 0. The summed E-state index contributed by atoms with van der Waals surface area (Å²) in [5.41, 5.74) is 0. The summed E-state index contributed by atoms with van der Waals surface area (Å²) >= 11 is 0. The van der Waals surface area contributed by atoms with Gasteiger partial charge in [-0.25, -0.2) is 0 Å². The molecule has 118 valence electrons. The van der Waals surface area contributed by atoms with Gasteiger partial charge in [0.1, 0.15) is 5.75 Å². The lowest BCUT2D eigenvalue weighted by Gasteiger charge is -2.21. The molecule has 2 rings (SSSR count). The van der Waals surface area contributed by atoms with E-state index in [1.165, 1.54) is 0 Å².